The molecule has 0 unspecified atom stereocenters. The number of benzene rings is 2. The summed E-state index contributed by atoms with van der Waals surface area (Å²) < 4.78 is 37.2. The second-order valence-corrected chi connectivity index (χ2v) is 9.74. The van der Waals surface area contributed by atoms with Gasteiger partial charge in [-0.1, -0.05) is 19.1 Å². The fourth-order valence-electron chi connectivity index (χ4n) is 3.63. The van der Waals surface area contributed by atoms with Crippen LogP contribution in [0.4, 0.5) is 0 Å². The van der Waals surface area contributed by atoms with Crippen LogP contribution in [0.2, 0.25) is 0 Å². The molecule has 2 heterocycles. The van der Waals surface area contributed by atoms with Gasteiger partial charge < -0.3 is 15.2 Å². The molecule has 8 nitrogen and oxygen atoms in total. The number of aryl methyl sites for hydroxylation is 1. The molecule has 0 radical (unpaired) electrons. The van der Waals surface area contributed by atoms with Gasteiger partial charge in [0.2, 0.25) is 0 Å². The molecule has 0 aliphatic heterocycles. The summed E-state index contributed by atoms with van der Waals surface area (Å²) in [4.78, 5) is 4.92. The van der Waals surface area contributed by atoms with Gasteiger partial charge in [-0.3, -0.25) is 0 Å². The summed E-state index contributed by atoms with van der Waals surface area (Å²) in [6.07, 6.45) is 0. The Bertz CT molecular complexity index is 1400. The Hall–Kier alpha value is -3.43. The van der Waals surface area contributed by atoms with Crippen molar-refractivity contribution in [1.29, 1.82) is 0 Å². The van der Waals surface area contributed by atoms with E-state index >= 15 is 0 Å². The fraction of sp³-hybridized carbons (Fsp3) is 0.250. The smallest absolute Gasteiger partial charge is 0.178 e. The number of aromatic nitrogens is 3. The van der Waals surface area contributed by atoms with Crippen molar-refractivity contribution in [3.8, 4) is 34.0 Å². The normalized spacial score (nSPS) is 11.6. The van der Waals surface area contributed by atoms with Crippen molar-refractivity contribution in [3.63, 3.8) is 0 Å². The van der Waals surface area contributed by atoms with Gasteiger partial charge in [-0.2, -0.15) is 5.10 Å². The van der Waals surface area contributed by atoms with Crippen LogP contribution in [0.25, 0.3) is 28.2 Å². The summed E-state index contributed by atoms with van der Waals surface area (Å²) in [5.41, 5.74) is 10.3. The first-order chi connectivity index (χ1) is 15.9. The maximum absolute atomic E-state index is 12.2. The lowest BCUT2D eigenvalue weighted by Crippen LogP contribution is -2.11. The lowest BCUT2D eigenvalue weighted by Gasteiger charge is -2.12. The number of sulfone groups is 1. The minimum absolute atomic E-state index is 0.0609. The van der Waals surface area contributed by atoms with Gasteiger partial charge in [0, 0.05) is 17.7 Å². The van der Waals surface area contributed by atoms with E-state index in [1.807, 2.05) is 37.3 Å². The molecule has 33 heavy (non-hydrogen) atoms. The number of nitrogens with zero attached hydrogens (tertiary/aromatic N) is 3. The zero-order valence-corrected chi connectivity index (χ0v) is 19.6. The molecule has 0 aliphatic rings. The van der Waals surface area contributed by atoms with Gasteiger partial charge in [0.15, 0.2) is 27.0 Å². The molecule has 0 amide bonds. The summed E-state index contributed by atoms with van der Waals surface area (Å²) in [6, 6.07) is 16.3. The van der Waals surface area contributed by atoms with Gasteiger partial charge in [-0.05, 0) is 49.4 Å². The Kier molecular flexibility index (Phi) is 6.35. The molecule has 172 valence electrons. The highest BCUT2D eigenvalue weighted by Crippen LogP contribution is 2.33. The van der Waals surface area contributed by atoms with Crippen LogP contribution in [0.15, 0.2) is 59.5 Å². The molecule has 0 atom stereocenters. The maximum atomic E-state index is 12.2. The van der Waals surface area contributed by atoms with Crippen molar-refractivity contribution >= 4 is 15.5 Å². The molecule has 0 saturated carbocycles. The fourth-order valence-corrected chi connectivity index (χ4v) is 4.51. The number of imidazole rings is 1. The van der Waals surface area contributed by atoms with Crippen LogP contribution >= 0.6 is 0 Å². The molecule has 4 aromatic rings. The third kappa shape index (κ3) is 4.42. The largest absolute Gasteiger partial charge is 0.493 e. The highest BCUT2D eigenvalue weighted by atomic mass is 32.2. The van der Waals surface area contributed by atoms with Crippen molar-refractivity contribution in [2.45, 2.75) is 18.7 Å². The van der Waals surface area contributed by atoms with Crippen LogP contribution in [0.5, 0.6) is 11.5 Å². The topological polar surface area (TPSA) is 109 Å². The molecular weight excluding hydrogens is 440 g/mol. The van der Waals surface area contributed by atoms with Crippen molar-refractivity contribution in [1.82, 2.24) is 14.6 Å². The van der Waals surface area contributed by atoms with E-state index in [2.05, 4.69) is 4.98 Å². The average Bonchev–Trinajstić information content (AvgIpc) is 3.17. The van der Waals surface area contributed by atoms with Gasteiger partial charge in [-0.25, -0.2) is 17.9 Å². The first kappa shape index (κ1) is 22.8. The van der Waals surface area contributed by atoms with Gasteiger partial charge in [0.25, 0.3) is 0 Å². The summed E-state index contributed by atoms with van der Waals surface area (Å²) in [7, 11) is -1.67. The van der Waals surface area contributed by atoms with Gasteiger partial charge >= 0.3 is 0 Å². The average molecular weight is 467 g/mol. The van der Waals surface area contributed by atoms with Crippen molar-refractivity contribution in [2.75, 3.05) is 26.0 Å². The molecular formula is C24H26N4O4S. The second-order valence-electron chi connectivity index (χ2n) is 7.46. The highest BCUT2D eigenvalue weighted by molar-refractivity contribution is 7.91. The molecule has 0 saturated heterocycles. The Labute approximate surface area is 192 Å². The third-order valence-electron chi connectivity index (χ3n) is 5.35. The predicted molar refractivity (Wildman–Crippen MR) is 127 cm³/mol. The molecule has 2 aromatic carbocycles. The SMILES string of the molecule is CCS(=O)(=O)c1ccc(-c2c(C)nc3ccc(-c4ccc(OCCN)c(OC)c4)nn23)cc1. The Balaban J connectivity index is 1.77. The van der Waals surface area contributed by atoms with E-state index in [-0.39, 0.29) is 5.75 Å². The number of ether oxygens (including phenoxy) is 2. The first-order valence-electron chi connectivity index (χ1n) is 10.6. The number of methoxy groups -OCH3 is 1. The highest BCUT2D eigenvalue weighted by Gasteiger charge is 2.16. The molecule has 4 rings (SSSR count). The summed E-state index contributed by atoms with van der Waals surface area (Å²) >= 11 is 0. The molecule has 0 bridgehead atoms. The predicted octanol–water partition coefficient (Wildman–Crippen LogP) is 3.51. The van der Waals surface area contributed by atoms with Crippen molar-refractivity contribution in [3.05, 3.63) is 60.3 Å². The monoisotopic (exact) mass is 466 g/mol. The van der Waals surface area contributed by atoms with Gasteiger partial charge in [0.05, 0.1) is 34.8 Å². The minimum Gasteiger partial charge on any atom is -0.493 e. The third-order valence-corrected chi connectivity index (χ3v) is 7.10. The molecule has 2 N–H and O–H groups in total. The van der Waals surface area contributed by atoms with Gasteiger partial charge in [0.1, 0.15) is 6.61 Å². The van der Waals surface area contributed by atoms with Crippen LogP contribution in [0.1, 0.15) is 12.6 Å². The molecule has 9 heteroatoms. The number of rotatable bonds is 8. The Morgan fingerprint density at radius 3 is 2.39 bits per heavy atom. The molecule has 2 aromatic heterocycles. The van der Waals surface area contributed by atoms with E-state index in [0.717, 1.165) is 28.2 Å². The van der Waals surface area contributed by atoms with Crippen LogP contribution < -0.4 is 15.2 Å². The van der Waals surface area contributed by atoms with E-state index in [1.165, 1.54) is 0 Å². The van der Waals surface area contributed by atoms with Crippen LogP contribution in [0.3, 0.4) is 0 Å². The summed E-state index contributed by atoms with van der Waals surface area (Å²) in [5, 5.41) is 4.82. The van der Waals surface area contributed by atoms with E-state index in [0.29, 0.717) is 35.2 Å². The number of fused-ring (bicyclic) bond motifs is 1. The van der Waals surface area contributed by atoms with Crippen LogP contribution in [-0.4, -0.2) is 49.0 Å². The maximum Gasteiger partial charge on any atom is 0.178 e. The van der Waals surface area contributed by atoms with E-state index < -0.39 is 9.84 Å². The molecule has 0 aliphatic carbocycles. The summed E-state index contributed by atoms with van der Waals surface area (Å²) in [5.74, 6) is 1.28. The molecule has 0 spiro atoms. The van der Waals surface area contributed by atoms with E-state index in [9.17, 15) is 8.42 Å². The van der Waals surface area contributed by atoms with Crippen molar-refractivity contribution in [2.24, 2.45) is 5.73 Å². The lowest BCUT2D eigenvalue weighted by molar-refractivity contribution is 0.302. The molecule has 0 fully saturated rings. The van der Waals surface area contributed by atoms with Crippen LogP contribution in [0, 0.1) is 6.92 Å². The van der Waals surface area contributed by atoms with Crippen molar-refractivity contribution < 1.29 is 17.9 Å². The second kappa shape index (κ2) is 9.21. The number of hydrogen-bond donors (Lipinski definition) is 1. The van der Waals surface area contributed by atoms with Crippen LogP contribution in [-0.2, 0) is 9.84 Å². The first-order valence-corrected chi connectivity index (χ1v) is 12.2. The standard InChI is InChI=1S/C24H26N4O4S/c1-4-33(29,30)19-8-5-17(6-9-19)24-16(2)26-23-12-10-20(27-28(23)24)18-7-11-21(32-14-13-25)22(15-18)31-3/h5-12,15H,4,13-14,25H2,1-3H3. The quantitative estimate of drug-likeness (QED) is 0.423. The number of nitrogens with two attached hydrogens (primary N) is 1. The minimum atomic E-state index is -3.26. The zero-order chi connectivity index (χ0) is 23.6. The van der Waals surface area contributed by atoms with E-state index in [4.69, 9.17) is 20.3 Å². The zero-order valence-electron chi connectivity index (χ0n) is 18.8. The Morgan fingerprint density at radius 1 is 1.00 bits per heavy atom. The summed E-state index contributed by atoms with van der Waals surface area (Å²) in [6.45, 7) is 4.36. The lowest BCUT2D eigenvalue weighted by atomic mass is 10.1. The van der Waals surface area contributed by atoms with E-state index in [1.54, 1.807) is 42.8 Å². The number of hydrogen-bond acceptors (Lipinski definition) is 7. The Morgan fingerprint density at radius 2 is 1.73 bits per heavy atom. The van der Waals surface area contributed by atoms with Gasteiger partial charge in [-0.15, -0.1) is 0 Å².